The largest absolute Gasteiger partial charge is 0.493 e. The van der Waals surface area contributed by atoms with Crippen LogP contribution < -0.4 is 18.9 Å². The third-order valence-corrected chi connectivity index (χ3v) is 4.89. The van der Waals surface area contributed by atoms with Crippen LogP contribution in [0.1, 0.15) is 27.0 Å². The van der Waals surface area contributed by atoms with E-state index in [4.69, 9.17) is 18.9 Å². The van der Waals surface area contributed by atoms with Gasteiger partial charge in [0.15, 0.2) is 17.3 Å². The topological polar surface area (TPSA) is 54.0 Å². The van der Waals surface area contributed by atoms with Crippen molar-refractivity contribution in [2.75, 3.05) is 14.2 Å². The van der Waals surface area contributed by atoms with E-state index >= 15 is 0 Å². The fourth-order valence-electron chi connectivity index (χ4n) is 3.27. The molecule has 0 bridgehead atoms. The van der Waals surface area contributed by atoms with Crippen molar-refractivity contribution in [1.82, 2.24) is 0 Å². The average molecular weight is 402 g/mol. The minimum atomic E-state index is -0.181. The van der Waals surface area contributed by atoms with Crippen molar-refractivity contribution in [3.8, 4) is 23.0 Å². The Kier molecular flexibility index (Phi) is 5.44. The summed E-state index contributed by atoms with van der Waals surface area (Å²) < 4.78 is 22.5. The molecule has 1 heterocycles. The Labute approximate surface area is 175 Å². The molecule has 0 unspecified atom stereocenters. The van der Waals surface area contributed by atoms with Crippen molar-refractivity contribution in [3.05, 3.63) is 88.7 Å². The molecule has 5 heteroatoms. The number of aryl methyl sites for hydroxylation is 1. The van der Waals surface area contributed by atoms with Crippen LogP contribution in [0, 0.1) is 6.92 Å². The van der Waals surface area contributed by atoms with E-state index in [2.05, 4.69) is 0 Å². The van der Waals surface area contributed by atoms with Crippen LogP contribution in [0.5, 0.6) is 23.0 Å². The number of benzene rings is 3. The molecule has 152 valence electrons. The zero-order valence-corrected chi connectivity index (χ0v) is 17.1. The van der Waals surface area contributed by atoms with Crippen LogP contribution in [0.15, 0.2) is 66.4 Å². The molecular formula is C25H22O5. The highest BCUT2D eigenvalue weighted by Crippen LogP contribution is 2.37. The van der Waals surface area contributed by atoms with Gasteiger partial charge >= 0.3 is 0 Å². The smallest absolute Gasteiger partial charge is 0.231 e. The molecule has 0 aliphatic carbocycles. The van der Waals surface area contributed by atoms with Crippen LogP contribution in [0.4, 0.5) is 0 Å². The summed E-state index contributed by atoms with van der Waals surface area (Å²) in [6.07, 6.45) is 1.66. The van der Waals surface area contributed by atoms with Crippen molar-refractivity contribution in [1.29, 1.82) is 0 Å². The van der Waals surface area contributed by atoms with Crippen LogP contribution in [-0.4, -0.2) is 20.0 Å². The molecule has 3 aromatic carbocycles. The maximum absolute atomic E-state index is 12.8. The van der Waals surface area contributed by atoms with Crippen LogP contribution in [0.3, 0.4) is 0 Å². The van der Waals surface area contributed by atoms with E-state index in [1.165, 1.54) is 5.56 Å². The van der Waals surface area contributed by atoms with Crippen molar-refractivity contribution < 1.29 is 23.7 Å². The number of fused-ring (bicyclic) bond motifs is 1. The number of allylic oxidation sites excluding steroid dienone is 1. The molecule has 0 radical (unpaired) electrons. The van der Waals surface area contributed by atoms with Crippen LogP contribution >= 0.6 is 0 Å². The Morgan fingerprint density at radius 1 is 0.967 bits per heavy atom. The van der Waals surface area contributed by atoms with Gasteiger partial charge in [0.05, 0.1) is 19.8 Å². The van der Waals surface area contributed by atoms with Crippen LogP contribution in [0.25, 0.3) is 6.08 Å². The summed E-state index contributed by atoms with van der Waals surface area (Å²) in [5.41, 5.74) is 3.48. The molecule has 1 aliphatic rings. The molecule has 30 heavy (non-hydrogen) atoms. The fourth-order valence-corrected chi connectivity index (χ4v) is 3.27. The summed E-state index contributed by atoms with van der Waals surface area (Å²) in [6.45, 7) is 2.49. The maximum Gasteiger partial charge on any atom is 0.231 e. The number of carbonyl (C=O) groups is 1. The monoisotopic (exact) mass is 402 g/mol. The summed E-state index contributed by atoms with van der Waals surface area (Å²) in [5, 5.41) is 0. The zero-order chi connectivity index (χ0) is 21.1. The number of hydrogen-bond donors (Lipinski definition) is 0. The maximum atomic E-state index is 12.8. The van der Waals surface area contributed by atoms with Gasteiger partial charge in [0.25, 0.3) is 0 Å². The number of para-hydroxylation sites is 1. The molecular weight excluding hydrogens is 380 g/mol. The second-order valence-corrected chi connectivity index (χ2v) is 6.95. The first-order chi connectivity index (χ1) is 14.6. The predicted octanol–water partition coefficient (Wildman–Crippen LogP) is 5.21. The Balaban J connectivity index is 1.54. The van der Waals surface area contributed by atoms with Gasteiger partial charge in [-0.3, -0.25) is 4.79 Å². The SMILES string of the molecule is COc1cccc(/C=C2\Oc3cc(OCc4ccc(C)cc4)ccc3C2=O)c1OC. The van der Waals surface area contributed by atoms with E-state index in [1.54, 1.807) is 44.6 Å². The van der Waals surface area contributed by atoms with Gasteiger partial charge in [0, 0.05) is 11.6 Å². The molecule has 0 spiro atoms. The zero-order valence-electron chi connectivity index (χ0n) is 17.1. The van der Waals surface area contributed by atoms with Crippen molar-refractivity contribution in [2.45, 2.75) is 13.5 Å². The number of rotatable bonds is 6. The minimum absolute atomic E-state index is 0.181. The molecule has 5 nitrogen and oxygen atoms in total. The summed E-state index contributed by atoms with van der Waals surface area (Å²) in [4.78, 5) is 12.8. The first kappa shape index (κ1) is 19.6. The van der Waals surface area contributed by atoms with Crippen molar-refractivity contribution in [2.24, 2.45) is 0 Å². The molecule has 0 saturated heterocycles. The Hall–Kier alpha value is -3.73. The number of methoxy groups -OCH3 is 2. The van der Waals surface area contributed by atoms with Crippen molar-refractivity contribution in [3.63, 3.8) is 0 Å². The Morgan fingerprint density at radius 2 is 1.77 bits per heavy atom. The lowest BCUT2D eigenvalue weighted by Gasteiger charge is -2.10. The first-order valence-electron chi connectivity index (χ1n) is 9.56. The number of hydrogen-bond acceptors (Lipinski definition) is 5. The highest BCUT2D eigenvalue weighted by atomic mass is 16.5. The van der Waals surface area contributed by atoms with E-state index in [1.807, 2.05) is 43.3 Å². The van der Waals surface area contributed by atoms with Gasteiger partial charge < -0.3 is 18.9 Å². The second kappa shape index (κ2) is 8.33. The lowest BCUT2D eigenvalue weighted by molar-refractivity contribution is 0.101. The Morgan fingerprint density at radius 3 is 2.50 bits per heavy atom. The van der Waals surface area contributed by atoms with Gasteiger partial charge in [-0.1, -0.05) is 42.0 Å². The van der Waals surface area contributed by atoms with Gasteiger partial charge in [-0.05, 0) is 36.8 Å². The van der Waals surface area contributed by atoms with Crippen LogP contribution in [-0.2, 0) is 6.61 Å². The molecule has 0 N–H and O–H groups in total. The first-order valence-corrected chi connectivity index (χ1v) is 9.56. The molecule has 0 atom stereocenters. The summed E-state index contributed by atoms with van der Waals surface area (Å²) in [6, 6.07) is 18.9. The van der Waals surface area contributed by atoms with Gasteiger partial charge in [-0.2, -0.15) is 0 Å². The second-order valence-electron chi connectivity index (χ2n) is 6.95. The fraction of sp³-hybridized carbons (Fsp3) is 0.160. The van der Waals surface area contributed by atoms with Crippen LogP contribution in [0.2, 0.25) is 0 Å². The Bertz CT molecular complexity index is 1110. The average Bonchev–Trinajstić information content (AvgIpc) is 3.07. The molecule has 0 aromatic heterocycles. The van der Waals surface area contributed by atoms with E-state index in [9.17, 15) is 4.79 Å². The van der Waals surface area contributed by atoms with E-state index in [-0.39, 0.29) is 11.5 Å². The van der Waals surface area contributed by atoms with Gasteiger partial charge in [-0.15, -0.1) is 0 Å². The third kappa shape index (κ3) is 3.87. The highest BCUT2D eigenvalue weighted by molar-refractivity contribution is 6.14. The van der Waals surface area contributed by atoms with Gasteiger partial charge in [0.2, 0.25) is 5.78 Å². The number of ketones is 1. The molecule has 0 amide bonds. The molecule has 1 aliphatic heterocycles. The standard InChI is InChI=1S/C25H22O5/c1-16-7-9-17(10-8-16)15-29-19-11-12-20-22(14-19)30-23(24(20)26)13-18-5-4-6-21(27-2)25(18)28-3/h4-14H,15H2,1-3H3/b23-13-. The normalized spacial score (nSPS) is 13.7. The molecule has 3 aromatic rings. The van der Waals surface area contributed by atoms with Gasteiger partial charge in [0.1, 0.15) is 18.1 Å². The van der Waals surface area contributed by atoms with Crippen molar-refractivity contribution >= 4 is 11.9 Å². The highest BCUT2D eigenvalue weighted by Gasteiger charge is 2.28. The van der Waals surface area contributed by atoms with E-state index in [0.717, 1.165) is 5.56 Å². The number of Topliss-reactive ketones (excluding diaryl/α,β-unsaturated/α-hetero) is 1. The minimum Gasteiger partial charge on any atom is -0.493 e. The lowest BCUT2D eigenvalue weighted by atomic mass is 10.1. The summed E-state index contributed by atoms with van der Waals surface area (Å²) in [7, 11) is 3.13. The summed E-state index contributed by atoms with van der Waals surface area (Å²) in [5.74, 6) is 2.30. The predicted molar refractivity (Wildman–Crippen MR) is 114 cm³/mol. The third-order valence-electron chi connectivity index (χ3n) is 4.89. The molecule has 4 rings (SSSR count). The van der Waals surface area contributed by atoms with E-state index in [0.29, 0.717) is 40.7 Å². The quantitative estimate of drug-likeness (QED) is 0.530. The molecule has 0 saturated carbocycles. The number of carbonyl (C=O) groups excluding carboxylic acids is 1. The summed E-state index contributed by atoms with van der Waals surface area (Å²) >= 11 is 0. The molecule has 0 fully saturated rings. The lowest BCUT2D eigenvalue weighted by Crippen LogP contribution is -1.99. The van der Waals surface area contributed by atoms with E-state index < -0.39 is 0 Å². The van der Waals surface area contributed by atoms with Gasteiger partial charge in [-0.25, -0.2) is 0 Å². The number of ether oxygens (including phenoxy) is 4.